The van der Waals surface area contributed by atoms with Gasteiger partial charge in [-0.2, -0.15) is 0 Å². The van der Waals surface area contributed by atoms with Gasteiger partial charge in [-0.3, -0.25) is 0 Å². The molecule has 3 heteroatoms. The SMILES string of the molecule is Nc1cc(-c2cccc(Cl)c2)ccn1. The van der Waals surface area contributed by atoms with Crippen LogP contribution in [-0.4, -0.2) is 4.98 Å². The van der Waals surface area contributed by atoms with Crippen molar-refractivity contribution in [3.05, 3.63) is 47.6 Å². The van der Waals surface area contributed by atoms with Crippen molar-refractivity contribution in [3.63, 3.8) is 0 Å². The standard InChI is InChI=1S/C11H9ClN2/c12-10-3-1-2-8(6-10)9-4-5-14-11(13)7-9/h1-7H,(H2,13,14). The molecule has 0 aliphatic rings. The topological polar surface area (TPSA) is 38.9 Å². The number of nitrogens with zero attached hydrogens (tertiary/aromatic N) is 1. The third kappa shape index (κ3) is 1.86. The minimum atomic E-state index is 0.516. The highest BCUT2D eigenvalue weighted by Gasteiger charge is 1.98. The van der Waals surface area contributed by atoms with Crippen LogP contribution in [0.4, 0.5) is 5.82 Å². The molecule has 2 nitrogen and oxygen atoms in total. The first kappa shape index (κ1) is 9.03. The highest BCUT2D eigenvalue weighted by molar-refractivity contribution is 6.30. The number of hydrogen-bond acceptors (Lipinski definition) is 2. The summed E-state index contributed by atoms with van der Waals surface area (Å²) in [5, 5.41) is 0.720. The second-order valence-electron chi connectivity index (χ2n) is 2.98. The van der Waals surface area contributed by atoms with Crippen LogP contribution in [-0.2, 0) is 0 Å². The van der Waals surface area contributed by atoms with E-state index in [1.54, 1.807) is 6.20 Å². The van der Waals surface area contributed by atoms with Crippen LogP contribution < -0.4 is 5.73 Å². The maximum absolute atomic E-state index is 5.89. The van der Waals surface area contributed by atoms with E-state index in [2.05, 4.69) is 4.98 Å². The quantitative estimate of drug-likeness (QED) is 0.776. The van der Waals surface area contributed by atoms with Gasteiger partial charge in [0.1, 0.15) is 5.82 Å². The van der Waals surface area contributed by atoms with Crippen LogP contribution in [0.2, 0.25) is 5.02 Å². The molecule has 2 N–H and O–H groups in total. The van der Waals surface area contributed by atoms with Gasteiger partial charge in [0.05, 0.1) is 0 Å². The summed E-state index contributed by atoms with van der Waals surface area (Å²) in [6.45, 7) is 0. The zero-order chi connectivity index (χ0) is 9.97. The number of benzene rings is 1. The summed E-state index contributed by atoms with van der Waals surface area (Å²) in [5.74, 6) is 0.516. The fraction of sp³-hybridized carbons (Fsp3) is 0. The minimum absolute atomic E-state index is 0.516. The van der Waals surface area contributed by atoms with Crippen LogP contribution in [0.5, 0.6) is 0 Å². The lowest BCUT2D eigenvalue weighted by atomic mass is 10.1. The smallest absolute Gasteiger partial charge is 0.123 e. The molecule has 0 amide bonds. The van der Waals surface area contributed by atoms with E-state index < -0.39 is 0 Å². The summed E-state index contributed by atoms with van der Waals surface area (Å²) in [6.07, 6.45) is 1.69. The number of nitrogen functional groups attached to an aromatic ring is 1. The Morgan fingerprint density at radius 1 is 1.07 bits per heavy atom. The maximum Gasteiger partial charge on any atom is 0.123 e. The molecule has 0 unspecified atom stereocenters. The predicted molar refractivity (Wildman–Crippen MR) is 59.1 cm³/mol. The van der Waals surface area contributed by atoms with E-state index in [0.717, 1.165) is 16.1 Å². The number of halogens is 1. The summed E-state index contributed by atoms with van der Waals surface area (Å²) in [6, 6.07) is 11.4. The highest BCUT2D eigenvalue weighted by Crippen LogP contribution is 2.22. The lowest BCUT2D eigenvalue weighted by molar-refractivity contribution is 1.34. The molecule has 70 valence electrons. The molecule has 0 saturated heterocycles. The Morgan fingerprint density at radius 3 is 2.57 bits per heavy atom. The third-order valence-corrected chi connectivity index (χ3v) is 2.17. The van der Waals surface area contributed by atoms with E-state index in [0.29, 0.717) is 5.82 Å². The van der Waals surface area contributed by atoms with Crippen LogP contribution in [0.3, 0.4) is 0 Å². The van der Waals surface area contributed by atoms with E-state index in [-0.39, 0.29) is 0 Å². The fourth-order valence-corrected chi connectivity index (χ4v) is 1.49. The molecule has 0 aliphatic carbocycles. The Bertz CT molecular complexity index is 411. The van der Waals surface area contributed by atoms with Gasteiger partial charge in [0.25, 0.3) is 0 Å². The van der Waals surface area contributed by atoms with Gasteiger partial charge in [-0.05, 0) is 35.4 Å². The van der Waals surface area contributed by atoms with Crippen LogP contribution in [0.25, 0.3) is 11.1 Å². The number of pyridine rings is 1. The van der Waals surface area contributed by atoms with Gasteiger partial charge in [-0.25, -0.2) is 4.98 Å². The molecule has 0 saturated carbocycles. The molecule has 0 atom stereocenters. The average molecular weight is 205 g/mol. The summed E-state index contributed by atoms with van der Waals surface area (Å²) in [4.78, 5) is 3.93. The van der Waals surface area contributed by atoms with Crippen molar-refractivity contribution in [2.45, 2.75) is 0 Å². The zero-order valence-electron chi connectivity index (χ0n) is 7.44. The number of aromatic nitrogens is 1. The minimum Gasteiger partial charge on any atom is -0.384 e. The molecule has 2 rings (SSSR count). The van der Waals surface area contributed by atoms with Crippen molar-refractivity contribution in [1.82, 2.24) is 4.98 Å². The molecule has 0 fully saturated rings. The van der Waals surface area contributed by atoms with Gasteiger partial charge in [0.2, 0.25) is 0 Å². The van der Waals surface area contributed by atoms with E-state index in [9.17, 15) is 0 Å². The summed E-state index contributed by atoms with van der Waals surface area (Å²) >= 11 is 5.89. The Hall–Kier alpha value is -1.54. The molecule has 14 heavy (non-hydrogen) atoms. The van der Waals surface area contributed by atoms with Crippen molar-refractivity contribution in [1.29, 1.82) is 0 Å². The Balaban J connectivity index is 2.49. The number of anilines is 1. The molecular formula is C11H9ClN2. The van der Waals surface area contributed by atoms with Crippen molar-refractivity contribution in [2.24, 2.45) is 0 Å². The molecule has 0 radical (unpaired) electrons. The lowest BCUT2D eigenvalue weighted by Crippen LogP contribution is -1.89. The first-order valence-electron chi connectivity index (χ1n) is 4.23. The van der Waals surface area contributed by atoms with Crippen molar-refractivity contribution < 1.29 is 0 Å². The number of rotatable bonds is 1. The monoisotopic (exact) mass is 204 g/mol. The Morgan fingerprint density at radius 2 is 1.86 bits per heavy atom. The van der Waals surface area contributed by atoms with Gasteiger partial charge in [-0.15, -0.1) is 0 Å². The normalized spacial score (nSPS) is 10.1. The Kier molecular flexibility index (Phi) is 2.37. The molecule has 0 spiro atoms. The second kappa shape index (κ2) is 3.68. The summed E-state index contributed by atoms with van der Waals surface area (Å²) < 4.78 is 0. The number of nitrogens with two attached hydrogens (primary N) is 1. The van der Waals surface area contributed by atoms with Crippen molar-refractivity contribution in [3.8, 4) is 11.1 Å². The van der Waals surface area contributed by atoms with E-state index >= 15 is 0 Å². The third-order valence-electron chi connectivity index (χ3n) is 1.94. The lowest BCUT2D eigenvalue weighted by Gasteiger charge is -2.02. The highest BCUT2D eigenvalue weighted by atomic mass is 35.5. The van der Waals surface area contributed by atoms with Crippen LogP contribution in [0, 0.1) is 0 Å². The maximum atomic E-state index is 5.89. The second-order valence-corrected chi connectivity index (χ2v) is 3.42. The van der Waals surface area contributed by atoms with Crippen LogP contribution in [0.1, 0.15) is 0 Å². The van der Waals surface area contributed by atoms with Gasteiger partial charge in [0.15, 0.2) is 0 Å². The van der Waals surface area contributed by atoms with Crippen LogP contribution in [0.15, 0.2) is 42.6 Å². The van der Waals surface area contributed by atoms with Gasteiger partial charge in [0, 0.05) is 11.2 Å². The van der Waals surface area contributed by atoms with E-state index in [1.165, 1.54) is 0 Å². The van der Waals surface area contributed by atoms with Gasteiger partial charge < -0.3 is 5.73 Å². The molecule has 2 aromatic rings. The van der Waals surface area contributed by atoms with Gasteiger partial charge in [-0.1, -0.05) is 23.7 Å². The molecule has 1 heterocycles. The molecule has 1 aromatic heterocycles. The van der Waals surface area contributed by atoms with E-state index in [1.807, 2.05) is 36.4 Å². The number of hydrogen-bond donors (Lipinski definition) is 1. The molecular weight excluding hydrogens is 196 g/mol. The fourth-order valence-electron chi connectivity index (χ4n) is 1.30. The summed E-state index contributed by atoms with van der Waals surface area (Å²) in [5.41, 5.74) is 7.67. The molecule has 1 aromatic carbocycles. The largest absolute Gasteiger partial charge is 0.384 e. The van der Waals surface area contributed by atoms with Crippen molar-refractivity contribution >= 4 is 17.4 Å². The summed E-state index contributed by atoms with van der Waals surface area (Å²) in [7, 11) is 0. The predicted octanol–water partition coefficient (Wildman–Crippen LogP) is 2.98. The first-order valence-corrected chi connectivity index (χ1v) is 4.61. The first-order chi connectivity index (χ1) is 6.75. The molecule has 0 aliphatic heterocycles. The van der Waals surface area contributed by atoms with E-state index in [4.69, 9.17) is 17.3 Å². The average Bonchev–Trinajstić information content (AvgIpc) is 2.18. The molecule has 0 bridgehead atoms. The zero-order valence-corrected chi connectivity index (χ0v) is 8.20. The van der Waals surface area contributed by atoms with Crippen molar-refractivity contribution in [2.75, 3.05) is 5.73 Å². The van der Waals surface area contributed by atoms with Gasteiger partial charge >= 0.3 is 0 Å². The Labute approximate surface area is 87.4 Å². The van der Waals surface area contributed by atoms with Crippen LogP contribution >= 0.6 is 11.6 Å².